The molecule has 0 aliphatic rings. The van der Waals surface area contributed by atoms with Crippen molar-refractivity contribution in [3.05, 3.63) is 112 Å². The van der Waals surface area contributed by atoms with Gasteiger partial charge in [-0.1, -0.05) is 53.8 Å². The van der Waals surface area contributed by atoms with Crippen LogP contribution in [0, 0.1) is 17.7 Å². The molecular weight excluding hydrogens is 597 g/mol. The second-order valence-corrected chi connectivity index (χ2v) is 11.5. The van der Waals surface area contributed by atoms with Gasteiger partial charge in [0.1, 0.15) is 24.5 Å². The molecule has 0 radical (unpaired) electrons. The Hall–Kier alpha value is -4.91. The number of ether oxygens (including phenoxy) is 1. The number of halogens is 2. The van der Waals surface area contributed by atoms with Crippen molar-refractivity contribution in [1.82, 2.24) is 20.3 Å². The Morgan fingerprint density at radius 1 is 1.07 bits per heavy atom. The lowest BCUT2D eigenvalue weighted by Crippen LogP contribution is -2.23. The second-order valence-electron chi connectivity index (χ2n) is 10.0. The standard InChI is InChI=1S/C34H27ClFN5O2S/c35-28-17-25(13-14-31(28)43-20-22-6-3-8-24(36)16-22)41-34-33-30(39-21-40-34)18-26(44-33)9-5-15-37-32(42)12-4-7-23-19-38-29-11-2-1-10-27(23)29/h1-3,6,8,10-11,13-14,16-19,21,38H,4,7,12,15,20H2,(H,37,42)(H,39,40,41). The van der Waals surface area contributed by atoms with Crippen LogP contribution in [0.3, 0.4) is 0 Å². The number of H-pyrrole nitrogens is 1. The van der Waals surface area contributed by atoms with Crippen molar-refractivity contribution in [2.75, 3.05) is 11.9 Å². The van der Waals surface area contributed by atoms with Crippen molar-refractivity contribution < 1.29 is 13.9 Å². The molecule has 0 fully saturated rings. The third-order valence-corrected chi connectivity index (χ3v) is 8.24. The summed E-state index contributed by atoms with van der Waals surface area (Å²) in [5.41, 5.74) is 4.53. The average molecular weight is 624 g/mol. The fraction of sp³-hybridized carbons (Fsp3) is 0.147. The van der Waals surface area contributed by atoms with Gasteiger partial charge >= 0.3 is 0 Å². The molecule has 0 bridgehead atoms. The van der Waals surface area contributed by atoms with Crippen LogP contribution in [-0.2, 0) is 17.8 Å². The van der Waals surface area contributed by atoms with E-state index in [1.165, 1.54) is 40.7 Å². The maximum absolute atomic E-state index is 13.4. The van der Waals surface area contributed by atoms with Gasteiger partial charge in [-0.3, -0.25) is 4.79 Å². The van der Waals surface area contributed by atoms with E-state index in [9.17, 15) is 9.18 Å². The summed E-state index contributed by atoms with van der Waals surface area (Å²) in [6, 6.07) is 21.6. The largest absolute Gasteiger partial charge is 0.487 e. The monoisotopic (exact) mass is 623 g/mol. The molecule has 10 heteroatoms. The van der Waals surface area contributed by atoms with Crippen molar-refractivity contribution in [3.8, 4) is 17.6 Å². The van der Waals surface area contributed by atoms with Gasteiger partial charge in [-0.05, 0) is 66.4 Å². The average Bonchev–Trinajstić information content (AvgIpc) is 3.64. The molecule has 6 rings (SSSR count). The molecule has 0 aliphatic heterocycles. The predicted molar refractivity (Wildman–Crippen MR) is 174 cm³/mol. The topological polar surface area (TPSA) is 91.9 Å². The summed E-state index contributed by atoms with van der Waals surface area (Å²) in [6.45, 7) is 0.467. The lowest BCUT2D eigenvalue weighted by atomic mass is 10.1. The summed E-state index contributed by atoms with van der Waals surface area (Å²) in [5, 5.41) is 7.79. The van der Waals surface area contributed by atoms with Gasteiger partial charge in [-0.2, -0.15) is 0 Å². The molecule has 0 spiro atoms. The lowest BCUT2D eigenvalue weighted by molar-refractivity contribution is -0.120. The third-order valence-electron chi connectivity index (χ3n) is 6.90. The number of carbonyl (C=O) groups excluding carboxylic acids is 1. The Morgan fingerprint density at radius 3 is 2.86 bits per heavy atom. The number of hydrogen-bond acceptors (Lipinski definition) is 6. The van der Waals surface area contributed by atoms with Gasteiger partial charge in [0.05, 0.1) is 26.7 Å². The van der Waals surface area contributed by atoms with Gasteiger partial charge < -0.3 is 20.4 Å². The van der Waals surface area contributed by atoms with Gasteiger partial charge in [0.15, 0.2) is 5.82 Å². The Morgan fingerprint density at radius 2 is 1.98 bits per heavy atom. The highest BCUT2D eigenvalue weighted by Crippen LogP contribution is 2.33. The molecule has 3 aromatic heterocycles. The fourth-order valence-corrected chi connectivity index (χ4v) is 5.93. The number of aryl methyl sites for hydroxylation is 1. The number of hydrogen-bond donors (Lipinski definition) is 3. The zero-order valence-corrected chi connectivity index (χ0v) is 25.1. The zero-order valence-electron chi connectivity index (χ0n) is 23.5. The van der Waals surface area contributed by atoms with Crippen molar-refractivity contribution in [3.63, 3.8) is 0 Å². The number of nitrogens with zero attached hydrogens (tertiary/aromatic N) is 2. The number of aromatic nitrogens is 3. The van der Waals surface area contributed by atoms with Crippen LogP contribution < -0.4 is 15.4 Å². The van der Waals surface area contributed by atoms with Gasteiger partial charge in [0, 0.05) is 29.2 Å². The van der Waals surface area contributed by atoms with Crippen LogP contribution >= 0.6 is 22.9 Å². The minimum Gasteiger partial charge on any atom is -0.487 e. The van der Waals surface area contributed by atoms with Crippen LogP contribution in [0.5, 0.6) is 5.75 Å². The van der Waals surface area contributed by atoms with E-state index in [2.05, 4.69) is 49.6 Å². The number of anilines is 2. The van der Waals surface area contributed by atoms with Crippen molar-refractivity contribution in [2.45, 2.75) is 25.9 Å². The van der Waals surface area contributed by atoms with Crippen LogP contribution in [0.4, 0.5) is 15.9 Å². The number of para-hydroxylation sites is 1. The maximum atomic E-state index is 13.4. The van der Waals surface area contributed by atoms with E-state index in [4.69, 9.17) is 16.3 Å². The summed E-state index contributed by atoms with van der Waals surface area (Å²) in [4.78, 5) is 25.2. The van der Waals surface area contributed by atoms with E-state index in [-0.39, 0.29) is 24.9 Å². The number of nitrogens with one attached hydrogen (secondary N) is 3. The van der Waals surface area contributed by atoms with E-state index in [1.54, 1.807) is 24.3 Å². The number of benzene rings is 3. The molecule has 44 heavy (non-hydrogen) atoms. The summed E-state index contributed by atoms with van der Waals surface area (Å²) in [6.07, 6.45) is 5.55. The van der Waals surface area contributed by atoms with Crippen LogP contribution in [0.15, 0.2) is 85.3 Å². The zero-order chi connectivity index (χ0) is 30.3. The molecule has 0 atom stereocenters. The number of thiophene rings is 1. The first-order chi connectivity index (χ1) is 21.5. The van der Waals surface area contributed by atoms with Crippen molar-refractivity contribution in [1.29, 1.82) is 0 Å². The highest BCUT2D eigenvalue weighted by molar-refractivity contribution is 7.20. The molecule has 0 saturated heterocycles. The van der Waals surface area contributed by atoms with E-state index < -0.39 is 0 Å². The maximum Gasteiger partial charge on any atom is 0.220 e. The lowest BCUT2D eigenvalue weighted by Gasteiger charge is -2.11. The number of amides is 1. The van der Waals surface area contributed by atoms with Crippen molar-refractivity contribution >= 4 is 61.5 Å². The molecule has 0 aliphatic carbocycles. The Balaban J connectivity index is 1.02. The molecule has 1 amide bonds. The van der Waals surface area contributed by atoms with Gasteiger partial charge in [-0.25, -0.2) is 14.4 Å². The summed E-state index contributed by atoms with van der Waals surface area (Å²) >= 11 is 7.93. The molecule has 0 saturated carbocycles. The number of aromatic amines is 1. The smallest absolute Gasteiger partial charge is 0.220 e. The Kier molecular flexibility index (Phi) is 9.01. The predicted octanol–water partition coefficient (Wildman–Crippen LogP) is 7.78. The molecule has 6 aromatic rings. The van der Waals surface area contributed by atoms with E-state index in [0.29, 0.717) is 28.6 Å². The first kappa shape index (κ1) is 29.2. The summed E-state index contributed by atoms with van der Waals surface area (Å²) in [5.74, 6) is 6.94. The highest BCUT2D eigenvalue weighted by atomic mass is 35.5. The number of carbonyl (C=O) groups is 1. The van der Waals surface area contributed by atoms with Gasteiger partial charge in [-0.15, -0.1) is 11.3 Å². The van der Waals surface area contributed by atoms with E-state index in [0.717, 1.165) is 39.1 Å². The van der Waals surface area contributed by atoms with Crippen LogP contribution in [-0.4, -0.2) is 27.4 Å². The normalized spacial score (nSPS) is 10.9. The van der Waals surface area contributed by atoms with Crippen molar-refractivity contribution in [2.24, 2.45) is 0 Å². The third kappa shape index (κ3) is 7.17. The SMILES string of the molecule is O=C(CCCc1c[nH]c2ccccc12)NCC#Cc1cc2ncnc(Nc3ccc(OCc4cccc(F)c4)c(Cl)c3)c2s1. The van der Waals surface area contributed by atoms with Gasteiger partial charge in [0.25, 0.3) is 0 Å². The molecule has 3 N–H and O–H groups in total. The van der Waals surface area contributed by atoms with E-state index >= 15 is 0 Å². The molecule has 220 valence electrons. The second kappa shape index (κ2) is 13.6. The first-order valence-electron chi connectivity index (χ1n) is 14.0. The number of rotatable bonds is 10. The molecule has 3 heterocycles. The molecule has 3 aromatic carbocycles. The minimum atomic E-state index is -0.314. The molecular formula is C34H27ClFN5O2S. The number of fused-ring (bicyclic) bond motifs is 2. The quantitative estimate of drug-likeness (QED) is 0.136. The van der Waals surface area contributed by atoms with Crippen LogP contribution in [0.1, 0.15) is 28.8 Å². The van der Waals surface area contributed by atoms with E-state index in [1.807, 2.05) is 30.5 Å². The van der Waals surface area contributed by atoms with Gasteiger partial charge in [0.2, 0.25) is 5.91 Å². The van der Waals surface area contributed by atoms with Crippen LogP contribution in [0.25, 0.3) is 21.1 Å². The Labute approximate surface area is 262 Å². The minimum absolute atomic E-state index is 0.0168. The molecule has 0 unspecified atom stereocenters. The molecule has 7 nitrogen and oxygen atoms in total. The summed E-state index contributed by atoms with van der Waals surface area (Å²) in [7, 11) is 0. The Bertz CT molecular complexity index is 2010. The fourth-order valence-electron chi connectivity index (χ4n) is 4.77. The first-order valence-corrected chi connectivity index (χ1v) is 15.2. The highest BCUT2D eigenvalue weighted by Gasteiger charge is 2.11. The van der Waals surface area contributed by atoms with Crippen LogP contribution in [0.2, 0.25) is 5.02 Å². The summed E-state index contributed by atoms with van der Waals surface area (Å²) < 4.78 is 20.1.